The van der Waals surface area contributed by atoms with E-state index in [0.717, 1.165) is 12.8 Å². The molecular weight excluding hydrogens is 442 g/mol. The van der Waals surface area contributed by atoms with Crippen LogP contribution in [0.25, 0.3) is 0 Å². The summed E-state index contributed by atoms with van der Waals surface area (Å²) in [5.41, 5.74) is 2.14. The van der Waals surface area contributed by atoms with Crippen LogP contribution in [0.4, 0.5) is 5.69 Å². The molecule has 0 aromatic heterocycles. The summed E-state index contributed by atoms with van der Waals surface area (Å²) in [6.07, 6.45) is 2.01. The molecule has 0 saturated carbocycles. The van der Waals surface area contributed by atoms with E-state index in [-0.39, 0.29) is 23.3 Å². The van der Waals surface area contributed by atoms with Gasteiger partial charge in [-0.25, -0.2) is 8.42 Å². The normalized spacial score (nSPS) is 20.6. The van der Waals surface area contributed by atoms with E-state index in [1.54, 1.807) is 19.9 Å². The average Bonchev–Trinajstić information content (AvgIpc) is 3.29. The van der Waals surface area contributed by atoms with Gasteiger partial charge >= 0.3 is 0 Å². The number of carbonyl (C=O) groups is 2. The first-order valence-electron chi connectivity index (χ1n) is 11.2. The van der Waals surface area contributed by atoms with Gasteiger partial charge in [0, 0.05) is 19.2 Å². The van der Waals surface area contributed by atoms with Crippen molar-refractivity contribution in [3.8, 4) is 5.75 Å². The number of anilines is 1. The highest BCUT2D eigenvalue weighted by molar-refractivity contribution is 7.89. The van der Waals surface area contributed by atoms with Crippen LogP contribution in [-0.2, 0) is 26.0 Å². The highest BCUT2D eigenvalue weighted by Gasteiger charge is 2.40. The Hall–Kier alpha value is -2.91. The molecule has 176 valence electrons. The zero-order chi connectivity index (χ0) is 23.6. The maximum atomic E-state index is 13.5. The lowest BCUT2D eigenvalue weighted by Crippen LogP contribution is -2.46. The van der Waals surface area contributed by atoms with Crippen molar-refractivity contribution in [1.29, 1.82) is 0 Å². The van der Waals surface area contributed by atoms with Crippen molar-refractivity contribution in [2.45, 2.75) is 56.6 Å². The lowest BCUT2D eigenvalue weighted by atomic mass is 10.1. The number of carbonyl (C=O) groups excluding carboxylic acids is 2. The second-order valence-corrected chi connectivity index (χ2v) is 10.4. The minimum Gasteiger partial charge on any atom is -0.479 e. The van der Waals surface area contributed by atoms with Gasteiger partial charge in [-0.3, -0.25) is 9.59 Å². The van der Waals surface area contributed by atoms with E-state index in [0.29, 0.717) is 36.4 Å². The van der Waals surface area contributed by atoms with Crippen LogP contribution in [0.5, 0.6) is 5.75 Å². The topological polar surface area (TPSA) is 105 Å². The van der Waals surface area contributed by atoms with E-state index in [4.69, 9.17) is 4.74 Å². The minimum absolute atomic E-state index is 0.0911. The number of nitrogens with one attached hydrogen (secondary N) is 2. The van der Waals surface area contributed by atoms with E-state index in [2.05, 4.69) is 10.6 Å². The Bertz CT molecular complexity index is 1150. The average molecular weight is 472 g/mol. The van der Waals surface area contributed by atoms with Crippen LogP contribution in [0.15, 0.2) is 47.4 Å². The number of nitrogens with zero attached hydrogens (tertiary/aromatic N) is 1. The van der Waals surface area contributed by atoms with Crippen LogP contribution in [0.1, 0.15) is 37.3 Å². The Kier molecular flexibility index (Phi) is 6.71. The minimum atomic E-state index is -3.92. The number of rotatable bonds is 7. The van der Waals surface area contributed by atoms with Gasteiger partial charge in [0.2, 0.25) is 15.9 Å². The molecule has 0 aliphatic carbocycles. The van der Waals surface area contributed by atoms with Crippen molar-refractivity contribution < 1.29 is 22.7 Å². The monoisotopic (exact) mass is 471 g/mol. The van der Waals surface area contributed by atoms with Gasteiger partial charge in [0.05, 0.1) is 10.6 Å². The summed E-state index contributed by atoms with van der Waals surface area (Å²) in [5, 5.41) is 5.64. The Morgan fingerprint density at radius 3 is 2.76 bits per heavy atom. The molecule has 2 heterocycles. The summed E-state index contributed by atoms with van der Waals surface area (Å²) in [5.74, 6) is -0.231. The standard InChI is InChI=1S/C24H29N3O5S/c1-16-14-19-21(32-17(2)23(28)26-19)15-22(16)33(30,31)27-13-7-11-20(27)24(29)25-12-6-10-18-8-4-3-5-9-18/h3-5,8-9,14-15,17,20H,6-7,10-13H2,1-2H3,(H,25,29)(H,26,28)/t17-,20-/m0/s1. The SMILES string of the molecule is Cc1cc2c(cc1S(=O)(=O)N1CCC[C@H]1C(=O)NCCCc1ccccc1)O[C@@H](C)C(=O)N2. The number of fused-ring (bicyclic) bond motifs is 1. The van der Waals surface area contributed by atoms with E-state index < -0.39 is 22.2 Å². The molecule has 2 amide bonds. The molecule has 8 nitrogen and oxygen atoms in total. The Morgan fingerprint density at radius 1 is 1.24 bits per heavy atom. The fraction of sp³-hybridized carbons (Fsp3) is 0.417. The van der Waals surface area contributed by atoms with E-state index in [1.165, 1.54) is 15.9 Å². The zero-order valence-corrected chi connectivity index (χ0v) is 19.7. The fourth-order valence-corrected chi connectivity index (χ4v) is 6.18. The van der Waals surface area contributed by atoms with Crippen molar-refractivity contribution in [2.24, 2.45) is 0 Å². The third-order valence-corrected chi connectivity index (χ3v) is 8.14. The van der Waals surface area contributed by atoms with Crippen LogP contribution in [0, 0.1) is 6.92 Å². The number of ether oxygens (including phenoxy) is 1. The molecule has 2 aliphatic rings. The third kappa shape index (κ3) is 4.89. The fourth-order valence-electron chi connectivity index (χ4n) is 4.30. The van der Waals surface area contributed by atoms with Crippen molar-refractivity contribution >= 4 is 27.5 Å². The van der Waals surface area contributed by atoms with Gasteiger partial charge in [-0.05, 0) is 56.7 Å². The number of sulfonamides is 1. The summed E-state index contributed by atoms with van der Waals surface area (Å²) in [4.78, 5) is 24.8. The van der Waals surface area contributed by atoms with Gasteiger partial charge in [0.25, 0.3) is 5.91 Å². The van der Waals surface area contributed by atoms with Crippen molar-refractivity contribution in [3.05, 3.63) is 53.6 Å². The predicted octanol–water partition coefficient (Wildman–Crippen LogP) is 2.62. The number of hydrogen-bond acceptors (Lipinski definition) is 5. The summed E-state index contributed by atoms with van der Waals surface area (Å²) in [6, 6.07) is 12.3. The summed E-state index contributed by atoms with van der Waals surface area (Å²) < 4.78 is 33.9. The molecule has 2 N–H and O–H groups in total. The van der Waals surface area contributed by atoms with Crippen molar-refractivity contribution in [1.82, 2.24) is 9.62 Å². The first kappa shape index (κ1) is 23.3. The lowest BCUT2D eigenvalue weighted by molar-refractivity contribution is -0.124. The third-order valence-electron chi connectivity index (χ3n) is 6.09. The molecular formula is C24H29N3O5S. The maximum absolute atomic E-state index is 13.5. The number of hydrogen-bond donors (Lipinski definition) is 2. The van der Waals surface area contributed by atoms with Gasteiger partial charge in [0.1, 0.15) is 11.8 Å². The molecule has 0 radical (unpaired) electrons. The molecule has 0 unspecified atom stereocenters. The van der Waals surface area contributed by atoms with Gasteiger partial charge < -0.3 is 15.4 Å². The Morgan fingerprint density at radius 2 is 2.00 bits per heavy atom. The highest BCUT2D eigenvalue weighted by atomic mass is 32.2. The second kappa shape index (κ2) is 9.52. The largest absolute Gasteiger partial charge is 0.479 e. The molecule has 0 bridgehead atoms. The first-order chi connectivity index (χ1) is 15.8. The summed E-state index contributed by atoms with van der Waals surface area (Å²) in [6.45, 7) is 4.05. The second-order valence-electron chi connectivity index (χ2n) is 8.52. The zero-order valence-electron chi connectivity index (χ0n) is 18.8. The van der Waals surface area contributed by atoms with E-state index in [9.17, 15) is 18.0 Å². The quantitative estimate of drug-likeness (QED) is 0.604. The summed E-state index contributed by atoms with van der Waals surface area (Å²) >= 11 is 0. The number of aryl methyl sites for hydroxylation is 2. The highest BCUT2D eigenvalue weighted by Crippen LogP contribution is 2.36. The van der Waals surface area contributed by atoms with Gasteiger partial charge in [-0.15, -0.1) is 0 Å². The lowest BCUT2D eigenvalue weighted by Gasteiger charge is -2.27. The van der Waals surface area contributed by atoms with Crippen LogP contribution in [0.2, 0.25) is 0 Å². The molecule has 2 aromatic rings. The summed E-state index contributed by atoms with van der Waals surface area (Å²) in [7, 11) is -3.92. The number of amides is 2. The molecule has 4 rings (SSSR count). The van der Waals surface area contributed by atoms with Crippen molar-refractivity contribution in [3.63, 3.8) is 0 Å². The molecule has 33 heavy (non-hydrogen) atoms. The molecule has 1 saturated heterocycles. The van der Waals surface area contributed by atoms with Crippen molar-refractivity contribution in [2.75, 3.05) is 18.4 Å². The number of benzene rings is 2. The Labute approximate surface area is 194 Å². The van der Waals surface area contributed by atoms with Gasteiger partial charge in [-0.2, -0.15) is 4.31 Å². The van der Waals surface area contributed by atoms with Gasteiger partial charge in [-0.1, -0.05) is 30.3 Å². The maximum Gasteiger partial charge on any atom is 0.265 e. The van der Waals surface area contributed by atoms with Crippen LogP contribution in [0.3, 0.4) is 0 Å². The smallest absolute Gasteiger partial charge is 0.265 e. The molecule has 9 heteroatoms. The molecule has 2 aliphatic heterocycles. The van der Waals surface area contributed by atoms with Crippen LogP contribution < -0.4 is 15.4 Å². The van der Waals surface area contributed by atoms with Crippen LogP contribution in [-0.4, -0.2) is 49.8 Å². The van der Waals surface area contributed by atoms with Gasteiger partial charge in [0.15, 0.2) is 6.10 Å². The molecule has 2 atom stereocenters. The Balaban J connectivity index is 1.45. The molecule has 2 aromatic carbocycles. The molecule has 0 spiro atoms. The van der Waals surface area contributed by atoms with E-state index in [1.807, 2.05) is 30.3 Å². The van der Waals surface area contributed by atoms with Crippen LogP contribution >= 0.6 is 0 Å². The van der Waals surface area contributed by atoms with E-state index >= 15 is 0 Å². The predicted molar refractivity (Wildman–Crippen MR) is 125 cm³/mol. The molecule has 1 fully saturated rings. The first-order valence-corrected chi connectivity index (χ1v) is 12.7.